The molecular formula is C6H9B3O3. The van der Waals surface area contributed by atoms with Gasteiger partial charge in [0, 0.05) is 14.9 Å². The Balaban J connectivity index is 3.26. The summed E-state index contributed by atoms with van der Waals surface area (Å²) < 4.78 is 4.66. The molecule has 0 saturated heterocycles. The molecular weight excluding hydrogens is 152 g/mol. The maximum Gasteiger partial charge on any atom is 0.312 e. The highest BCUT2D eigenvalue weighted by atomic mass is 16.5. The third-order valence-electron chi connectivity index (χ3n) is 1.06. The van der Waals surface area contributed by atoms with Crippen LogP contribution in [0.5, 0.6) is 0 Å². The summed E-state index contributed by atoms with van der Waals surface area (Å²) in [5.74, 6) is -0.679. The smallest absolute Gasteiger partial charge is 0.312 e. The van der Waals surface area contributed by atoms with Gasteiger partial charge in [-0.2, -0.15) is 0 Å². The molecule has 60 valence electrons. The fourth-order valence-electron chi connectivity index (χ4n) is 0.570. The summed E-state index contributed by atoms with van der Waals surface area (Å²) >= 11 is 0. The quantitative estimate of drug-likeness (QED) is 0.225. The Morgan fingerprint density at radius 3 is 2.67 bits per heavy atom. The molecule has 6 heteroatoms. The zero-order valence-electron chi connectivity index (χ0n) is 7.08. The maximum atomic E-state index is 10.7. The topological polar surface area (TPSA) is 43.4 Å². The first-order valence-corrected chi connectivity index (χ1v) is 3.67. The number of carbonyl (C=O) groups excluding carboxylic acids is 2. The molecule has 0 heterocycles. The van der Waals surface area contributed by atoms with E-state index in [1.807, 2.05) is 0 Å². The molecule has 12 heavy (non-hydrogen) atoms. The van der Waals surface area contributed by atoms with Crippen LogP contribution < -0.4 is 0 Å². The van der Waals surface area contributed by atoms with Gasteiger partial charge < -0.3 is 4.74 Å². The van der Waals surface area contributed by atoms with Gasteiger partial charge in [-0.1, -0.05) is 0 Å². The molecule has 4 radical (unpaired) electrons. The van der Waals surface area contributed by atoms with Crippen molar-refractivity contribution in [2.45, 2.75) is 19.6 Å². The van der Waals surface area contributed by atoms with Crippen molar-refractivity contribution in [3.63, 3.8) is 0 Å². The SMILES string of the molecule is [B][B]C[B]COC(=O)CC(C)=O. The Morgan fingerprint density at radius 2 is 2.17 bits per heavy atom. The number of rotatable bonds is 6. The highest BCUT2D eigenvalue weighted by Gasteiger charge is 2.05. The van der Waals surface area contributed by atoms with E-state index in [0.717, 1.165) is 0 Å². The highest BCUT2D eigenvalue weighted by Crippen LogP contribution is 1.87. The van der Waals surface area contributed by atoms with Gasteiger partial charge in [0.25, 0.3) is 0 Å². The number of esters is 1. The third kappa shape index (κ3) is 7.44. The lowest BCUT2D eigenvalue weighted by atomic mass is 9.44. The molecule has 0 aromatic rings. The minimum absolute atomic E-state index is 0.153. The first-order valence-electron chi connectivity index (χ1n) is 3.67. The minimum atomic E-state index is -0.490. The molecule has 0 N–H and O–H groups in total. The Kier molecular flexibility index (Phi) is 6.62. The van der Waals surface area contributed by atoms with E-state index in [0.29, 0.717) is 6.22 Å². The molecule has 0 aliphatic rings. The van der Waals surface area contributed by atoms with E-state index in [1.165, 1.54) is 14.1 Å². The second-order valence-electron chi connectivity index (χ2n) is 2.32. The number of Topliss-reactive ketones (excluding diaryl/α,β-unsaturated/α-hetero) is 1. The van der Waals surface area contributed by atoms with Crippen molar-refractivity contribution in [1.82, 2.24) is 0 Å². The fraction of sp³-hybridized carbons (Fsp3) is 0.667. The summed E-state index contributed by atoms with van der Waals surface area (Å²) in [4.78, 5) is 21.1. The van der Waals surface area contributed by atoms with E-state index in [1.54, 1.807) is 7.28 Å². The van der Waals surface area contributed by atoms with Gasteiger partial charge in [0.2, 0.25) is 0 Å². The van der Waals surface area contributed by atoms with Gasteiger partial charge in [0.1, 0.15) is 12.2 Å². The lowest BCUT2D eigenvalue weighted by Crippen LogP contribution is -2.14. The molecule has 0 aromatic heterocycles. The molecule has 0 aliphatic heterocycles. The Bertz CT molecular complexity index is 160. The van der Waals surface area contributed by atoms with Crippen LogP contribution in [-0.4, -0.2) is 40.4 Å². The van der Waals surface area contributed by atoms with Crippen LogP contribution >= 0.6 is 0 Å². The van der Waals surface area contributed by atoms with E-state index in [4.69, 9.17) is 7.74 Å². The van der Waals surface area contributed by atoms with E-state index in [-0.39, 0.29) is 18.7 Å². The van der Waals surface area contributed by atoms with Gasteiger partial charge in [0.15, 0.2) is 7.28 Å². The maximum absolute atomic E-state index is 10.7. The molecule has 0 saturated carbocycles. The van der Waals surface area contributed by atoms with Gasteiger partial charge in [-0.15, -0.1) is 6.22 Å². The average molecular weight is 162 g/mol. The number of ether oxygens (including phenoxy) is 1. The molecule has 0 aromatic carbocycles. The van der Waals surface area contributed by atoms with Crippen molar-refractivity contribution in [1.29, 1.82) is 0 Å². The van der Waals surface area contributed by atoms with E-state index in [9.17, 15) is 9.59 Å². The minimum Gasteiger partial charge on any atom is -0.475 e. The number of hydrogen-bond acceptors (Lipinski definition) is 3. The summed E-state index contributed by atoms with van der Waals surface area (Å²) in [6.45, 7) is 1.55. The van der Waals surface area contributed by atoms with Crippen LogP contribution in [0.4, 0.5) is 0 Å². The van der Waals surface area contributed by atoms with Crippen molar-refractivity contribution in [2.24, 2.45) is 0 Å². The standard InChI is InChI=1S/C6H9B3O3/c1-5(10)2-6(11)12-4-8-3-9-7/h2-4H2,1H3. The summed E-state index contributed by atoms with van der Waals surface area (Å²) in [6.07, 6.45) is 0.438. The van der Waals surface area contributed by atoms with Crippen LogP contribution in [0.25, 0.3) is 0 Å². The lowest BCUT2D eigenvalue weighted by Gasteiger charge is -2.00. The summed E-state index contributed by atoms with van der Waals surface area (Å²) in [7, 11) is 8.24. The molecule has 0 aliphatic carbocycles. The third-order valence-corrected chi connectivity index (χ3v) is 1.06. The number of ketones is 1. The van der Waals surface area contributed by atoms with Gasteiger partial charge in [-0.05, 0) is 6.92 Å². The van der Waals surface area contributed by atoms with E-state index < -0.39 is 5.97 Å². The van der Waals surface area contributed by atoms with Crippen molar-refractivity contribution in [2.75, 3.05) is 6.51 Å². The monoisotopic (exact) mass is 162 g/mol. The summed E-state index contributed by atoms with van der Waals surface area (Å²) in [5, 5.41) is 0. The van der Waals surface area contributed by atoms with Gasteiger partial charge in [-0.3, -0.25) is 9.59 Å². The predicted molar refractivity (Wildman–Crippen MR) is 48.3 cm³/mol. The van der Waals surface area contributed by atoms with Gasteiger partial charge in [0.05, 0.1) is 6.51 Å². The van der Waals surface area contributed by atoms with Crippen molar-refractivity contribution >= 4 is 33.9 Å². The predicted octanol–water partition coefficient (Wildman–Crippen LogP) is -0.666. The van der Waals surface area contributed by atoms with Crippen LogP contribution in [0.15, 0.2) is 0 Å². The lowest BCUT2D eigenvalue weighted by molar-refractivity contribution is -0.143. The zero-order valence-corrected chi connectivity index (χ0v) is 7.08. The fourth-order valence-corrected chi connectivity index (χ4v) is 0.570. The van der Waals surface area contributed by atoms with Crippen molar-refractivity contribution in [3.05, 3.63) is 0 Å². The Labute approximate surface area is 75.1 Å². The molecule has 0 rings (SSSR count). The number of carbonyl (C=O) groups is 2. The van der Waals surface area contributed by atoms with Crippen LogP contribution in [0.1, 0.15) is 13.3 Å². The molecule has 3 nitrogen and oxygen atoms in total. The molecule has 0 bridgehead atoms. The van der Waals surface area contributed by atoms with E-state index in [2.05, 4.69) is 4.74 Å². The first kappa shape index (κ1) is 11.3. The van der Waals surface area contributed by atoms with Gasteiger partial charge >= 0.3 is 5.97 Å². The largest absolute Gasteiger partial charge is 0.475 e. The molecule has 0 amide bonds. The normalized spacial score (nSPS) is 8.75. The second-order valence-corrected chi connectivity index (χ2v) is 2.32. The van der Waals surface area contributed by atoms with Gasteiger partial charge in [-0.25, -0.2) is 0 Å². The van der Waals surface area contributed by atoms with Crippen molar-refractivity contribution in [3.8, 4) is 0 Å². The average Bonchev–Trinajstić information content (AvgIpc) is 1.97. The summed E-state index contributed by atoms with van der Waals surface area (Å²) in [5.41, 5.74) is 0. The van der Waals surface area contributed by atoms with Crippen LogP contribution in [0.3, 0.4) is 0 Å². The summed E-state index contributed by atoms with van der Waals surface area (Å²) in [6, 6.07) is 0. The molecule has 0 spiro atoms. The Hall–Kier alpha value is -0.665. The number of hydrogen-bond donors (Lipinski definition) is 0. The molecule has 0 fully saturated rings. The van der Waals surface area contributed by atoms with Crippen LogP contribution in [0, 0.1) is 0 Å². The van der Waals surface area contributed by atoms with Crippen LogP contribution in [-0.2, 0) is 14.3 Å². The molecule has 0 atom stereocenters. The molecule has 0 unspecified atom stereocenters. The second kappa shape index (κ2) is 7.01. The van der Waals surface area contributed by atoms with Crippen LogP contribution in [0.2, 0.25) is 6.22 Å². The first-order chi connectivity index (χ1) is 5.66. The Morgan fingerprint density at radius 1 is 1.50 bits per heavy atom. The van der Waals surface area contributed by atoms with E-state index >= 15 is 0 Å². The zero-order chi connectivity index (χ0) is 9.40. The van der Waals surface area contributed by atoms with Crippen molar-refractivity contribution < 1.29 is 14.3 Å². The highest BCUT2D eigenvalue weighted by molar-refractivity contribution is 6.93.